The van der Waals surface area contributed by atoms with Gasteiger partial charge in [-0.2, -0.15) is 0 Å². The van der Waals surface area contributed by atoms with E-state index in [1.54, 1.807) is 48.5 Å². The minimum absolute atomic E-state index is 0.0349. The Balaban J connectivity index is 1.62. The number of non-ortho nitro benzene ring substituents is 4. The number of nitro groups is 4. The molecule has 0 fully saturated rings. The van der Waals surface area contributed by atoms with E-state index in [-0.39, 0.29) is 22.7 Å². The van der Waals surface area contributed by atoms with E-state index in [2.05, 4.69) is 0 Å². The third-order valence-electron chi connectivity index (χ3n) is 6.25. The van der Waals surface area contributed by atoms with Gasteiger partial charge in [-0.3, -0.25) is 40.5 Å². The molecule has 0 radical (unpaired) electrons. The average molecular weight is 592 g/mol. The number of rotatable bonds is 12. The molecule has 0 atom stereocenters. The van der Waals surface area contributed by atoms with Crippen LogP contribution in [0.25, 0.3) is 0 Å². The lowest BCUT2D eigenvalue weighted by Crippen LogP contribution is -2.18. The first-order valence-corrected chi connectivity index (χ1v) is 15.2. The Bertz CT molecular complexity index is 1330. The zero-order chi connectivity index (χ0) is 29.5. The van der Waals surface area contributed by atoms with Gasteiger partial charge in [-0.05, 0) is 104 Å². The minimum Gasteiger partial charge on any atom is -0.258 e. The van der Waals surface area contributed by atoms with E-state index in [9.17, 15) is 40.5 Å². The molecule has 14 heteroatoms. The summed E-state index contributed by atoms with van der Waals surface area (Å²) in [6.07, 6.45) is 2.03. The molecule has 0 aliphatic rings. The first-order valence-electron chi connectivity index (χ1n) is 12.2. The lowest BCUT2D eigenvalue weighted by Gasteiger charge is -2.22. The zero-order valence-electron chi connectivity index (χ0n) is 21.3. The van der Waals surface area contributed by atoms with Crippen LogP contribution < -0.4 is 21.2 Å². The summed E-state index contributed by atoms with van der Waals surface area (Å²) in [4.78, 5) is 42.8. The Hall–Kier alpha value is -4.66. The second-order valence-electron chi connectivity index (χ2n) is 8.75. The van der Waals surface area contributed by atoms with Gasteiger partial charge in [0.05, 0.1) is 19.7 Å². The van der Waals surface area contributed by atoms with E-state index in [0.717, 1.165) is 21.2 Å². The molecule has 0 saturated heterocycles. The Morgan fingerprint density at radius 2 is 0.585 bits per heavy atom. The van der Waals surface area contributed by atoms with Crippen molar-refractivity contribution in [1.82, 2.24) is 0 Å². The van der Waals surface area contributed by atoms with E-state index in [0.29, 0.717) is 18.7 Å². The molecule has 0 saturated carbocycles. The first kappa shape index (κ1) is 29.3. The summed E-state index contributed by atoms with van der Waals surface area (Å²) in [5, 5.41) is 48.2. The maximum atomic E-state index is 11.2. The van der Waals surface area contributed by atoms with Crippen molar-refractivity contribution in [3.8, 4) is 0 Å². The van der Waals surface area contributed by atoms with Crippen LogP contribution in [0.3, 0.4) is 0 Å². The molecule has 4 rings (SSSR count). The van der Waals surface area contributed by atoms with E-state index in [1.807, 2.05) is 0 Å². The Labute approximate surface area is 235 Å². The fourth-order valence-electron chi connectivity index (χ4n) is 4.22. The summed E-state index contributed by atoms with van der Waals surface area (Å²) in [7, 11) is -2.05. The van der Waals surface area contributed by atoms with Crippen LogP contribution in [0.1, 0.15) is 6.42 Å². The minimum atomic E-state index is -1.02. The van der Waals surface area contributed by atoms with Crippen molar-refractivity contribution >= 4 is 59.8 Å². The van der Waals surface area contributed by atoms with E-state index in [4.69, 9.17) is 0 Å². The van der Waals surface area contributed by atoms with E-state index < -0.39 is 35.5 Å². The highest BCUT2D eigenvalue weighted by molar-refractivity contribution is 7.74. The highest BCUT2D eigenvalue weighted by atomic mass is 31.1. The van der Waals surface area contributed by atoms with Gasteiger partial charge in [0.2, 0.25) is 0 Å². The third kappa shape index (κ3) is 7.30. The molecule has 0 heterocycles. The maximum absolute atomic E-state index is 11.2. The molecular formula is C27H22N4O8P2. The quantitative estimate of drug-likeness (QED) is 0.121. The topological polar surface area (TPSA) is 173 Å². The number of hydrogen-bond donors (Lipinski definition) is 0. The SMILES string of the molecule is O=[N+]([O-])c1ccc(P(CCCP(c2ccc([N+](=O)[O-])cc2)c2ccc([N+](=O)[O-])cc2)c2ccc([N+](=O)[O-])cc2)cc1. The molecule has 0 aromatic heterocycles. The van der Waals surface area contributed by atoms with Crippen molar-refractivity contribution in [1.29, 1.82) is 0 Å². The summed E-state index contributed by atoms with van der Waals surface area (Å²) < 4.78 is 0. The summed E-state index contributed by atoms with van der Waals surface area (Å²) in [6, 6.07) is 25.2. The molecule has 0 N–H and O–H groups in total. The highest BCUT2D eigenvalue weighted by Gasteiger charge is 2.21. The molecule has 12 nitrogen and oxygen atoms in total. The summed E-state index contributed by atoms with van der Waals surface area (Å²) in [5.41, 5.74) is -0.140. The lowest BCUT2D eigenvalue weighted by atomic mass is 10.3. The zero-order valence-corrected chi connectivity index (χ0v) is 23.1. The third-order valence-corrected chi connectivity index (χ3v) is 11.5. The first-order chi connectivity index (χ1) is 19.6. The van der Waals surface area contributed by atoms with Crippen LogP contribution in [-0.2, 0) is 0 Å². The molecule has 0 bridgehead atoms. The van der Waals surface area contributed by atoms with Gasteiger partial charge in [0.1, 0.15) is 0 Å². The van der Waals surface area contributed by atoms with Gasteiger partial charge in [-0.1, -0.05) is 0 Å². The van der Waals surface area contributed by atoms with Crippen LogP contribution in [0.4, 0.5) is 22.7 Å². The van der Waals surface area contributed by atoms with Gasteiger partial charge >= 0.3 is 0 Å². The molecule has 4 aromatic carbocycles. The Morgan fingerprint density at radius 1 is 0.390 bits per heavy atom. The maximum Gasteiger partial charge on any atom is 0.269 e. The number of benzene rings is 4. The molecule has 0 aliphatic carbocycles. The van der Waals surface area contributed by atoms with Gasteiger partial charge in [-0.15, -0.1) is 0 Å². The molecule has 4 aromatic rings. The highest BCUT2D eigenvalue weighted by Crippen LogP contribution is 2.40. The lowest BCUT2D eigenvalue weighted by molar-refractivity contribution is -0.385. The molecule has 0 unspecified atom stereocenters. The smallest absolute Gasteiger partial charge is 0.258 e. The van der Waals surface area contributed by atoms with Gasteiger partial charge in [0.25, 0.3) is 22.7 Å². The average Bonchev–Trinajstić information content (AvgIpc) is 2.97. The van der Waals surface area contributed by atoms with Gasteiger partial charge < -0.3 is 0 Å². The van der Waals surface area contributed by atoms with E-state index in [1.165, 1.54) is 48.5 Å². The van der Waals surface area contributed by atoms with Gasteiger partial charge in [0, 0.05) is 48.5 Å². The van der Waals surface area contributed by atoms with Crippen molar-refractivity contribution in [3.05, 3.63) is 138 Å². The van der Waals surface area contributed by atoms with Crippen LogP contribution in [0, 0.1) is 40.5 Å². The van der Waals surface area contributed by atoms with Crippen molar-refractivity contribution in [3.63, 3.8) is 0 Å². The van der Waals surface area contributed by atoms with Crippen molar-refractivity contribution in [2.75, 3.05) is 12.3 Å². The van der Waals surface area contributed by atoms with E-state index >= 15 is 0 Å². The number of nitrogens with zero attached hydrogens (tertiary/aromatic N) is 4. The standard InChI is InChI=1S/C27H22N4O8P2/c32-28(33)20-2-10-24(11-3-20)40(25-12-4-21(5-13-25)29(34)35)18-1-19-41(26-14-6-22(7-15-26)30(36)37)27-16-8-23(9-17-27)31(38)39/h2-17H,1,18-19H2. The van der Waals surface area contributed by atoms with Crippen molar-refractivity contribution in [2.45, 2.75) is 6.42 Å². The van der Waals surface area contributed by atoms with Crippen LogP contribution in [0.2, 0.25) is 0 Å². The fraction of sp³-hybridized carbons (Fsp3) is 0.111. The Kier molecular flexibility index (Phi) is 9.39. The second-order valence-corrected chi connectivity index (χ2v) is 13.4. The van der Waals surface area contributed by atoms with Crippen LogP contribution in [-0.4, -0.2) is 32.0 Å². The molecule has 41 heavy (non-hydrogen) atoms. The van der Waals surface area contributed by atoms with Crippen LogP contribution >= 0.6 is 15.8 Å². The summed E-state index contributed by atoms with van der Waals surface area (Å²) in [6.45, 7) is 0. The van der Waals surface area contributed by atoms with Crippen molar-refractivity contribution in [2.24, 2.45) is 0 Å². The predicted molar refractivity (Wildman–Crippen MR) is 159 cm³/mol. The van der Waals surface area contributed by atoms with Crippen LogP contribution in [0.5, 0.6) is 0 Å². The molecule has 208 valence electrons. The molecule has 0 spiro atoms. The molecular weight excluding hydrogens is 570 g/mol. The number of nitro benzene ring substituents is 4. The van der Waals surface area contributed by atoms with Crippen LogP contribution in [0.15, 0.2) is 97.1 Å². The van der Waals surface area contributed by atoms with Gasteiger partial charge in [-0.25, -0.2) is 0 Å². The monoisotopic (exact) mass is 592 g/mol. The molecule has 0 amide bonds. The molecule has 0 aliphatic heterocycles. The summed E-state index contributed by atoms with van der Waals surface area (Å²) >= 11 is 0. The second kappa shape index (κ2) is 13.1. The Morgan fingerprint density at radius 3 is 0.756 bits per heavy atom. The fourth-order valence-corrected chi connectivity index (χ4v) is 9.08. The number of hydrogen-bond acceptors (Lipinski definition) is 8. The van der Waals surface area contributed by atoms with Gasteiger partial charge in [0.15, 0.2) is 0 Å². The normalized spacial score (nSPS) is 11.0. The van der Waals surface area contributed by atoms with Crippen molar-refractivity contribution < 1.29 is 19.7 Å². The predicted octanol–water partition coefficient (Wildman–Crippen LogP) is 5.28. The largest absolute Gasteiger partial charge is 0.269 e. The summed E-state index contributed by atoms with van der Waals surface area (Å²) in [5.74, 6) is 0.